The third kappa shape index (κ3) is 15.8. The maximum absolute atomic E-state index is 10.3. The molecule has 2 atom stereocenters. The number of carboxylic acid groups (broad SMARTS) is 1. The Bertz CT molecular complexity index is 304. The molecule has 0 saturated heterocycles. The lowest BCUT2D eigenvalue weighted by Crippen LogP contribution is -2.25. The van der Waals surface area contributed by atoms with Crippen molar-refractivity contribution in [2.45, 2.75) is 89.3 Å². The minimum Gasteiger partial charge on any atom is -0.481 e. The van der Waals surface area contributed by atoms with Crippen LogP contribution in [-0.2, 0) is 4.79 Å². The normalized spacial score (nSPS) is 14.2. The Kier molecular flexibility index (Phi) is 15.3. The van der Waals surface area contributed by atoms with Gasteiger partial charge in [0.2, 0.25) is 0 Å². The molecule has 0 aromatic heterocycles. The molecule has 136 valence electrons. The largest absolute Gasteiger partial charge is 0.481 e. The van der Waals surface area contributed by atoms with Crippen molar-refractivity contribution in [2.24, 2.45) is 0 Å². The maximum Gasteiger partial charge on any atom is 0.303 e. The summed E-state index contributed by atoms with van der Waals surface area (Å²) in [6, 6.07) is 0. The van der Waals surface area contributed by atoms with Crippen LogP contribution >= 0.6 is 0 Å². The van der Waals surface area contributed by atoms with Crippen molar-refractivity contribution in [1.29, 1.82) is 0 Å². The molecule has 0 aromatic carbocycles. The molecular weight excluding hydrogens is 296 g/mol. The second-order valence-corrected chi connectivity index (χ2v) is 6.11. The summed E-state index contributed by atoms with van der Waals surface area (Å²) in [7, 11) is 0. The molecule has 0 aliphatic rings. The third-order valence-corrected chi connectivity index (χ3v) is 3.91. The highest BCUT2D eigenvalue weighted by Gasteiger charge is 2.13. The van der Waals surface area contributed by atoms with E-state index in [9.17, 15) is 15.0 Å². The molecule has 0 aliphatic carbocycles. The summed E-state index contributed by atoms with van der Waals surface area (Å²) >= 11 is 0. The van der Waals surface area contributed by atoms with Gasteiger partial charge in [-0.05, 0) is 38.5 Å². The highest BCUT2D eigenvalue weighted by atomic mass is 16.4. The quantitative estimate of drug-likeness (QED) is 0.258. The lowest BCUT2D eigenvalue weighted by atomic mass is 10.0. The predicted octanol–water partition coefficient (Wildman–Crippen LogP) is 3.02. The van der Waals surface area contributed by atoms with E-state index in [0.29, 0.717) is 19.3 Å². The van der Waals surface area contributed by atoms with Crippen LogP contribution in [0.1, 0.15) is 77.0 Å². The van der Waals surface area contributed by atoms with Gasteiger partial charge in [-0.15, -0.1) is 0 Å². The zero-order valence-corrected chi connectivity index (χ0v) is 14.2. The summed E-state index contributed by atoms with van der Waals surface area (Å²) in [5.41, 5.74) is 0. The van der Waals surface area contributed by atoms with Crippen molar-refractivity contribution in [2.75, 3.05) is 6.61 Å². The molecule has 0 bridgehead atoms. The topological polar surface area (TPSA) is 98.0 Å². The van der Waals surface area contributed by atoms with Gasteiger partial charge in [-0.1, -0.05) is 44.3 Å². The fraction of sp³-hybridized carbons (Fsp3) is 0.833. The number of aliphatic hydroxyl groups is 3. The molecule has 0 spiro atoms. The van der Waals surface area contributed by atoms with Crippen molar-refractivity contribution in [3.8, 4) is 0 Å². The third-order valence-electron chi connectivity index (χ3n) is 3.91. The molecule has 0 saturated carbocycles. The first-order valence-corrected chi connectivity index (χ1v) is 8.91. The molecular formula is C18H34O5. The van der Waals surface area contributed by atoms with Gasteiger partial charge in [0.1, 0.15) is 0 Å². The van der Waals surface area contributed by atoms with Gasteiger partial charge in [0.05, 0.1) is 12.2 Å². The number of hydrogen-bond donors (Lipinski definition) is 4. The van der Waals surface area contributed by atoms with E-state index in [4.69, 9.17) is 10.2 Å². The highest BCUT2D eigenvalue weighted by molar-refractivity contribution is 5.66. The number of aliphatic hydroxyl groups excluding tert-OH is 3. The van der Waals surface area contributed by atoms with Gasteiger partial charge in [0, 0.05) is 13.0 Å². The minimum absolute atomic E-state index is 0.230. The van der Waals surface area contributed by atoms with E-state index in [1.807, 2.05) is 12.2 Å². The van der Waals surface area contributed by atoms with E-state index in [2.05, 4.69) is 0 Å². The van der Waals surface area contributed by atoms with Crippen LogP contribution in [0, 0.1) is 0 Å². The molecule has 0 aliphatic heterocycles. The second kappa shape index (κ2) is 16.0. The molecule has 0 radical (unpaired) electrons. The van der Waals surface area contributed by atoms with Crippen molar-refractivity contribution < 1.29 is 25.2 Å². The standard InChI is InChI=1S/C18H34O5/c19-15-11-7-2-1-4-8-12-16(20)17(21)13-9-5-3-6-10-14-18(22)23/h4,8,16-17,19-21H,1-3,5-7,9-15H2,(H,22,23). The summed E-state index contributed by atoms with van der Waals surface area (Å²) < 4.78 is 0. The van der Waals surface area contributed by atoms with Gasteiger partial charge in [-0.2, -0.15) is 0 Å². The van der Waals surface area contributed by atoms with Crippen LogP contribution in [0.3, 0.4) is 0 Å². The summed E-state index contributed by atoms with van der Waals surface area (Å²) in [4.78, 5) is 10.3. The van der Waals surface area contributed by atoms with Gasteiger partial charge in [-0.25, -0.2) is 0 Å². The molecule has 0 fully saturated rings. The van der Waals surface area contributed by atoms with Crippen LogP contribution in [0.2, 0.25) is 0 Å². The molecule has 0 amide bonds. The monoisotopic (exact) mass is 330 g/mol. The van der Waals surface area contributed by atoms with E-state index < -0.39 is 18.2 Å². The Morgan fingerprint density at radius 2 is 1.48 bits per heavy atom. The molecule has 4 N–H and O–H groups in total. The Morgan fingerprint density at radius 3 is 2.17 bits per heavy atom. The Balaban J connectivity index is 3.49. The fourth-order valence-electron chi connectivity index (χ4n) is 2.41. The average molecular weight is 330 g/mol. The van der Waals surface area contributed by atoms with Crippen LogP contribution in [0.5, 0.6) is 0 Å². The zero-order chi connectivity index (χ0) is 17.3. The number of aliphatic carboxylic acids is 1. The Morgan fingerprint density at radius 1 is 0.826 bits per heavy atom. The smallest absolute Gasteiger partial charge is 0.303 e. The zero-order valence-electron chi connectivity index (χ0n) is 14.2. The van der Waals surface area contributed by atoms with Crippen molar-refractivity contribution in [3.63, 3.8) is 0 Å². The van der Waals surface area contributed by atoms with Gasteiger partial charge < -0.3 is 20.4 Å². The van der Waals surface area contributed by atoms with E-state index in [1.54, 1.807) is 0 Å². The average Bonchev–Trinajstić information content (AvgIpc) is 2.52. The Hall–Kier alpha value is -0.910. The number of hydrogen-bond acceptors (Lipinski definition) is 4. The number of carbonyl (C=O) groups is 1. The lowest BCUT2D eigenvalue weighted by molar-refractivity contribution is -0.137. The van der Waals surface area contributed by atoms with Gasteiger partial charge in [0.15, 0.2) is 0 Å². The van der Waals surface area contributed by atoms with Gasteiger partial charge >= 0.3 is 5.97 Å². The molecule has 5 heteroatoms. The first-order chi connectivity index (χ1) is 11.1. The van der Waals surface area contributed by atoms with E-state index in [-0.39, 0.29) is 13.0 Å². The number of allylic oxidation sites excluding steroid dienone is 1. The fourth-order valence-corrected chi connectivity index (χ4v) is 2.41. The number of unbranched alkanes of at least 4 members (excludes halogenated alkanes) is 7. The SMILES string of the molecule is O=C(O)CCCCCCCC(O)C(O)CC=CCCCCCO. The molecule has 5 nitrogen and oxygen atoms in total. The predicted molar refractivity (Wildman–Crippen MR) is 91.3 cm³/mol. The summed E-state index contributed by atoms with van der Waals surface area (Å²) in [5, 5.41) is 36.9. The van der Waals surface area contributed by atoms with Crippen molar-refractivity contribution >= 4 is 5.97 Å². The first-order valence-electron chi connectivity index (χ1n) is 8.91. The van der Waals surface area contributed by atoms with Crippen molar-refractivity contribution in [1.82, 2.24) is 0 Å². The molecule has 0 aromatic rings. The molecule has 23 heavy (non-hydrogen) atoms. The molecule has 0 heterocycles. The molecule has 2 unspecified atom stereocenters. The van der Waals surface area contributed by atoms with Crippen LogP contribution in [0.25, 0.3) is 0 Å². The summed E-state index contributed by atoms with van der Waals surface area (Å²) in [6.07, 6.45) is 12.1. The van der Waals surface area contributed by atoms with Crippen LogP contribution in [0.4, 0.5) is 0 Å². The molecule has 0 rings (SSSR count). The van der Waals surface area contributed by atoms with E-state index >= 15 is 0 Å². The minimum atomic E-state index is -0.745. The van der Waals surface area contributed by atoms with Crippen molar-refractivity contribution in [3.05, 3.63) is 12.2 Å². The summed E-state index contributed by atoms with van der Waals surface area (Å²) in [5.74, 6) is -0.745. The van der Waals surface area contributed by atoms with Gasteiger partial charge in [0.25, 0.3) is 0 Å². The highest BCUT2D eigenvalue weighted by Crippen LogP contribution is 2.12. The second-order valence-electron chi connectivity index (χ2n) is 6.11. The van der Waals surface area contributed by atoms with Crippen LogP contribution in [-0.4, -0.2) is 45.2 Å². The van der Waals surface area contributed by atoms with Crippen LogP contribution in [0.15, 0.2) is 12.2 Å². The number of carboxylic acids is 1. The summed E-state index contributed by atoms with van der Waals surface area (Å²) in [6.45, 7) is 0.244. The van der Waals surface area contributed by atoms with Crippen LogP contribution < -0.4 is 0 Å². The van der Waals surface area contributed by atoms with E-state index in [1.165, 1.54) is 0 Å². The first kappa shape index (κ1) is 22.1. The lowest BCUT2D eigenvalue weighted by Gasteiger charge is -2.16. The maximum atomic E-state index is 10.3. The number of rotatable bonds is 16. The van der Waals surface area contributed by atoms with Gasteiger partial charge in [-0.3, -0.25) is 4.79 Å². The Labute approximate surface area is 140 Å². The van der Waals surface area contributed by atoms with E-state index in [0.717, 1.165) is 51.4 Å².